The molecule has 0 amide bonds. The van der Waals surface area contributed by atoms with Crippen LogP contribution < -0.4 is 4.52 Å². The molecule has 0 fully saturated rings. The third kappa shape index (κ3) is 1.62. The molecule has 13 heavy (non-hydrogen) atoms. The van der Waals surface area contributed by atoms with Gasteiger partial charge in [-0.25, -0.2) is 4.57 Å². The van der Waals surface area contributed by atoms with Gasteiger partial charge < -0.3 is 4.52 Å². The Balaban J connectivity index is 2.27. The Labute approximate surface area is 77.2 Å². The van der Waals surface area contributed by atoms with Crippen LogP contribution in [-0.2, 0) is 15.3 Å². The SMILES string of the molecule is CCO[P@]1(=O)Cc2ccccc2O1. The van der Waals surface area contributed by atoms with Gasteiger partial charge in [-0.3, -0.25) is 4.52 Å². The highest BCUT2D eigenvalue weighted by Crippen LogP contribution is 2.58. The lowest BCUT2D eigenvalue weighted by Crippen LogP contribution is -1.92. The highest BCUT2D eigenvalue weighted by molar-refractivity contribution is 7.53. The predicted molar refractivity (Wildman–Crippen MR) is 50.0 cm³/mol. The van der Waals surface area contributed by atoms with Crippen LogP contribution in [0.3, 0.4) is 0 Å². The summed E-state index contributed by atoms with van der Waals surface area (Å²) in [4.78, 5) is 0. The summed E-state index contributed by atoms with van der Waals surface area (Å²) < 4.78 is 22.2. The van der Waals surface area contributed by atoms with E-state index in [9.17, 15) is 4.57 Å². The normalized spacial score (nSPS) is 25.3. The maximum absolute atomic E-state index is 11.8. The number of fused-ring (bicyclic) bond motifs is 1. The molecular formula is C9H11O3P. The maximum atomic E-state index is 11.8. The molecular weight excluding hydrogens is 187 g/mol. The van der Waals surface area contributed by atoms with Crippen LogP contribution in [0.25, 0.3) is 0 Å². The second-order valence-corrected chi connectivity index (χ2v) is 4.86. The molecule has 0 saturated heterocycles. The monoisotopic (exact) mass is 198 g/mol. The van der Waals surface area contributed by atoms with Crippen molar-refractivity contribution in [3.63, 3.8) is 0 Å². The molecule has 4 heteroatoms. The summed E-state index contributed by atoms with van der Waals surface area (Å²) >= 11 is 0. The number of hydrogen-bond donors (Lipinski definition) is 0. The maximum Gasteiger partial charge on any atom is 0.383 e. The Kier molecular flexibility index (Phi) is 2.14. The molecule has 2 rings (SSSR count). The van der Waals surface area contributed by atoms with Crippen LogP contribution in [0.2, 0.25) is 0 Å². The van der Waals surface area contributed by atoms with E-state index in [4.69, 9.17) is 9.05 Å². The minimum atomic E-state index is -2.85. The third-order valence-corrected chi connectivity index (χ3v) is 3.75. The second-order valence-electron chi connectivity index (χ2n) is 2.89. The lowest BCUT2D eigenvalue weighted by Gasteiger charge is -2.09. The lowest BCUT2D eigenvalue weighted by molar-refractivity contribution is 0.285. The Morgan fingerprint density at radius 3 is 3.00 bits per heavy atom. The molecule has 1 aromatic rings. The number of rotatable bonds is 2. The van der Waals surface area contributed by atoms with E-state index in [0.717, 1.165) is 5.56 Å². The summed E-state index contributed by atoms with van der Waals surface area (Å²) in [5, 5.41) is 0. The van der Waals surface area contributed by atoms with Crippen LogP contribution in [0.15, 0.2) is 24.3 Å². The zero-order valence-corrected chi connectivity index (χ0v) is 8.29. The van der Waals surface area contributed by atoms with Crippen molar-refractivity contribution in [1.82, 2.24) is 0 Å². The van der Waals surface area contributed by atoms with Crippen LogP contribution in [0, 0.1) is 0 Å². The van der Waals surface area contributed by atoms with Crippen LogP contribution in [0.4, 0.5) is 0 Å². The smallest absolute Gasteiger partial charge is 0.383 e. The van der Waals surface area contributed by atoms with E-state index >= 15 is 0 Å². The van der Waals surface area contributed by atoms with Gasteiger partial charge in [-0.1, -0.05) is 18.2 Å². The van der Waals surface area contributed by atoms with E-state index in [2.05, 4.69) is 0 Å². The first-order chi connectivity index (χ1) is 6.23. The second kappa shape index (κ2) is 3.17. The molecule has 3 nitrogen and oxygen atoms in total. The summed E-state index contributed by atoms with van der Waals surface area (Å²) in [6, 6.07) is 7.49. The van der Waals surface area contributed by atoms with Crippen LogP contribution >= 0.6 is 7.60 Å². The Morgan fingerprint density at radius 1 is 1.54 bits per heavy atom. The first kappa shape index (κ1) is 8.79. The molecule has 0 unspecified atom stereocenters. The van der Waals surface area contributed by atoms with Crippen molar-refractivity contribution >= 4 is 7.60 Å². The standard InChI is InChI=1S/C9H11O3P/c1-2-11-13(10)7-8-5-3-4-6-9(8)12-13/h3-6H,2,7H2,1H3/t13-/m1/s1. The summed E-state index contributed by atoms with van der Waals surface area (Å²) in [5.41, 5.74) is 0.972. The largest absolute Gasteiger partial charge is 0.424 e. The van der Waals surface area contributed by atoms with Crippen molar-refractivity contribution in [2.75, 3.05) is 6.61 Å². The third-order valence-electron chi connectivity index (χ3n) is 1.90. The molecule has 70 valence electrons. The molecule has 1 aliphatic rings. The first-order valence-corrected chi connectivity index (χ1v) is 5.97. The molecule has 1 aliphatic heterocycles. The first-order valence-electron chi connectivity index (χ1n) is 4.24. The van der Waals surface area contributed by atoms with E-state index < -0.39 is 7.60 Å². The molecule has 1 aromatic carbocycles. The van der Waals surface area contributed by atoms with Gasteiger partial charge in [0.2, 0.25) is 0 Å². The molecule has 0 aromatic heterocycles. The molecule has 1 heterocycles. The Morgan fingerprint density at radius 2 is 2.31 bits per heavy atom. The van der Waals surface area contributed by atoms with E-state index in [-0.39, 0.29) is 0 Å². The minimum absolute atomic E-state index is 0.400. The average molecular weight is 198 g/mol. The van der Waals surface area contributed by atoms with Gasteiger partial charge in [0, 0.05) is 5.56 Å². The molecule has 0 bridgehead atoms. The minimum Gasteiger partial charge on any atom is -0.424 e. The molecule has 1 atom stereocenters. The van der Waals surface area contributed by atoms with Crippen molar-refractivity contribution in [1.29, 1.82) is 0 Å². The number of hydrogen-bond acceptors (Lipinski definition) is 3. The van der Waals surface area contributed by atoms with Crippen molar-refractivity contribution in [3.05, 3.63) is 29.8 Å². The van der Waals surface area contributed by atoms with Gasteiger partial charge >= 0.3 is 7.60 Å². The van der Waals surface area contributed by atoms with Gasteiger partial charge in [0.25, 0.3) is 0 Å². The summed E-state index contributed by atoms with van der Waals surface area (Å²) in [6.07, 6.45) is 0.400. The fourth-order valence-electron chi connectivity index (χ4n) is 1.38. The van der Waals surface area contributed by atoms with Crippen molar-refractivity contribution in [3.8, 4) is 5.75 Å². The highest BCUT2D eigenvalue weighted by atomic mass is 31.2. The van der Waals surface area contributed by atoms with E-state index in [1.165, 1.54) is 0 Å². The fraction of sp³-hybridized carbons (Fsp3) is 0.333. The number of para-hydroxylation sites is 1. The predicted octanol–water partition coefficient (Wildman–Crippen LogP) is 2.81. The van der Waals surface area contributed by atoms with E-state index in [1.54, 1.807) is 0 Å². The van der Waals surface area contributed by atoms with Crippen molar-refractivity contribution in [2.24, 2.45) is 0 Å². The van der Waals surface area contributed by atoms with Gasteiger partial charge in [0.05, 0.1) is 12.8 Å². The summed E-state index contributed by atoms with van der Waals surface area (Å²) in [5.74, 6) is 0.694. The molecule has 0 radical (unpaired) electrons. The summed E-state index contributed by atoms with van der Waals surface area (Å²) in [7, 11) is -2.85. The quantitative estimate of drug-likeness (QED) is 0.685. The van der Waals surface area contributed by atoms with Gasteiger partial charge in [-0.05, 0) is 13.0 Å². The lowest BCUT2D eigenvalue weighted by atomic mass is 10.2. The highest BCUT2D eigenvalue weighted by Gasteiger charge is 2.34. The summed E-state index contributed by atoms with van der Waals surface area (Å²) in [6.45, 7) is 2.23. The molecule has 0 N–H and O–H groups in total. The molecule has 0 spiro atoms. The van der Waals surface area contributed by atoms with E-state index in [0.29, 0.717) is 18.5 Å². The van der Waals surface area contributed by atoms with Crippen LogP contribution in [0.1, 0.15) is 12.5 Å². The zero-order valence-electron chi connectivity index (χ0n) is 7.40. The Hall–Kier alpha value is -0.790. The molecule has 0 aliphatic carbocycles. The van der Waals surface area contributed by atoms with E-state index in [1.807, 2.05) is 31.2 Å². The van der Waals surface area contributed by atoms with Crippen LogP contribution in [0.5, 0.6) is 5.75 Å². The van der Waals surface area contributed by atoms with Gasteiger partial charge in [0.15, 0.2) is 0 Å². The Bertz CT molecular complexity index is 333. The van der Waals surface area contributed by atoms with Gasteiger partial charge in [-0.2, -0.15) is 0 Å². The topological polar surface area (TPSA) is 35.5 Å². The van der Waals surface area contributed by atoms with Gasteiger partial charge in [0.1, 0.15) is 5.75 Å². The number of benzene rings is 1. The van der Waals surface area contributed by atoms with Gasteiger partial charge in [-0.15, -0.1) is 0 Å². The zero-order chi connectivity index (χ0) is 9.31. The van der Waals surface area contributed by atoms with Crippen LogP contribution in [-0.4, -0.2) is 6.61 Å². The molecule has 0 saturated carbocycles. The van der Waals surface area contributed by atoms with Crippen molar-refractivity contribution in [2.45, 2.75) is 13.1 Å². The van der Waals surface area contributed by atoms with Crippen molar-refractivity contribution < 1.29 is 13.6 Å². The fourth-order valence-corrected chi connectivity index (χ4v) is 3.14. The average Bonchev–Trinajstić information content (AvgIpc) is 2.40.